The van der Waals surface area contributed by atoms with Gasteiger partial charge in [0.2, 0.25) is 0 Å². The van der Waals surface area contributed by atoms with Crippen LogP contribution in [0.2, 0.25) is 10.0 Å². The van der Waals surface area contributed by atoms with E-state index >= 15 is 0 Å². The molecule has 0 aliphatic carbocycles. The average Bonchev–Trinajstić information content (AvgIpc) is 2.30. The van der Waals surface area contributed by atoms with Crippen molar-refractivity contribution in [1.29, 1.82) is 0 Å². The number of carboxylic acids is 1. The van der Waals surface area contributed by atoms with Gasteiger partial charge in [0, 0.05) is 15.6 Å². The molecule has 0 atom stereocenters. The maximum atomic E-state index is 10.6. The smallest absolute Gasteiger partial charge is 0.307 e. The Hall–Kier alpha value is -1.51. The number of rotatable bonds is 3. The molecule has 0 saturated heterocycles. The summed E-state index contributed by atoms with van der Waals surface area (Å²) in [6.07, 6.45) is 0.0225. The minimum absolute atomic E-state index is 0.0225. The molecule has 4 heteroatoms. The van der Waals surface area contributed by atoms with E-state index in [2.05, 4.69) is 0 Å². The van der Waals surface area contributed by atoms with Crippen molar-refractivity contribution in [3.8, 4) is 11.1 Å². The fourth-order valence-corrected chi connectivity index (χ4v) is 2.22. The first-order chi connectivity index (χ1) is 8.56. The molecule has 0 spiro atoms. The Balaban J connectivity index is 2.31. The van der Waals surface area contributed by atoms with Gasteiger partial charge in [-0.3, -0.25) is 4.79 Å². The van der Waals surface area contributed by atoms with E-state index in [9.17, 15) is 4.79 Å². The Morgan fingerprint density at radius 3 is 2.28 bits per heavy atom. The average molecular weight is 281 g/mol. The summed E-state index contributed by atoms with van der Waals surface area (Å²) in [4.78, 5) is 10.6. The zero-order valence-electron chi connectivity index (χ0n) is 9.36. The number of carbonyl (C=O) groups is 1. The molecule has 0 aliphatic rings. The van der Waals surface area contributed by atoms with E-state index in [4.69, 9.17) is 28.3 Å². The van der Waals surface area contributed by atoms with Gasteiger partial charge in [-0.05, 0) is 23.3 Å². The molecule has 2 rings (SSSR count). The Morgan fingerprint density at radius 2 is 1.72 bits per heavy atom. The Kier molecular flexibility index (Phi) is 3.90. The van der Waals surface area contributed by atoms with Gasteiger partial charge in [-0.25, -0.2) is 0 Å². The van der Waals surface area contributed by atoms with E-state index in [1.807, 2.05) is 18.2 Å². The van der Waals surface area contributed by atoms with E-state index in [0.29, 0.717) is 10.0 Å². The summed E-state index contributed by atoms with van der Waals surface area (Å²) in [5, 5.41) is 9.86. The largest absolute Gasteiger partial charge is 0.481 e. The number of carboxylic acid groups (broad SMARTS) is 1. The summed E-state index contributed by atoms with van der Waals surface area (Å²) in [5.74, 6) is -0.840. The van der Waals surface area contributed by atoms with Crippen LogP contribution in [0, 0.1) is 0 Å². The summed E-state index contributed by atoms with van der Waals surface area (Å²) in [6, 6.07) is 12.6. The lowest BCUT2D eigenvalue weighted by atomic mass is 10.0. The van der Waals surface area contributed by atoms with Crippen LogP contribution in [0.15, 0.2) is 42.5 Å². The third kappa shape index (κ3) is 3.03. The third-order valence-corrected chi connectivity index (χ3v) is 3.10. The van der Waals surface area contributed by atoms with E-state index in [-0.39, 0.29) is 6.42 Å². The summed E-state index contributed by atoms with van der Waals surface area (Å²) in [5.41, 5.74) is 2.57. The zero-order valence-corrected chi connectivity index (χ0v) is 10.9. The molecule has 0 bridgehead atoms. The maximum Gasteiger partial charge on any atom is 0.307 e. The fraction of sp³-hybridized carbons (Fsp3) is 0.0714. The number of benzene rings is 2. The van der Waals surface area contributed by atoms with Crippen LogP contribution in [-0.2, 0) is 11.2 Å². The van der Waals surface area contributed by atoms with Crippen LogP contribution in [0.3, 0.4) is 0 Å². The predicted octanol–water partition coefficient (Wildman–Crippen LogP) is 4.29. The first-order valence-electron chi connectivity index (χ1n) is 5.32. The number of aliphatic carboxylic acids is 1. The molecule has 0 amide bonds. The Morgan fingerprint density at radius 1 is 1.06 bits per heavy atom. The van der Waals surface area contributed by atoms with Crippen LogP contribution in [0.1, 0.15) is 5.56 Å². The summed E-state index contributed by atoms with van der Waals surface area (Å²) in [7, 11) is 0. The molecule has 0 radical (unpaired) electrons. The van der Waals surface area contributed by atoms with E-state index in [0.717, 1.165) is 16.7 Å². The fourth-order valence-electron chi connectivity index (χ4n) is 1.70. The highest BCUT2D eigenvalue weighted by molar-refractivity contribution is 6.36. The van der Waals surface area contributed by atoms with Crippen molar-refractivity contribution in [1.82, 2.24) is 0 Å². The number of hydrogen-bond donors (Lipinski definition) is 1. The van der Waals surface area contributed by atoms with Crippen LogP contribution in [0.5, 0.6) is 0 Å². The second-order valence-corrected chi connectivity index (χ2v) is 4.74. The van der Waals surface area contributed by atoms with Gasteiger partial charge in [0.1, 0.15) is 0 Å². The van der Waals surface area contributed by atoms with Crippen LogP contribution in [-0.4, -0.2) is 11.1 Å². The van der Waals surface area contributed by atoms with Gasteiger partial charge in [-0.15, -0.1) is 0 Å². The first kappa shape index (κ1) is 12.9. The topological polar surface area (TPSA) is 37.3 Å². The molecule has 92 valence electrons. The van der Waals surface area contributed by atoms with Crippen molar-refractivity contribution in [2.45, 2.75) is 6.42 Å². The lowest BCUT2D eigenvalue weighted by Crippen LogP contribution is -1.99. The molecular formula is C14H10Cl2O2. The van der Waals surface area contributed by atoms with Crippen LogP contribution in [0.25, 0.3) is 11.1 Å². The minimum atomic E-state index is -0.840. The lowest BCUT2D eigenvalue weighted by Gasteiger charge is -2.06. The van der Waals surface area contributed by atoms with Crippen molar-refractivity contribution in [3.05, 3.63) is 58.1 Å². The van der Waals surface area contributed by atoms with Gasteiger partial charge < -0.3 is 5.11 Å². The van der Waals surface area contributed by atoms with Crippen LogP contribution in [0.4, 0.5) is 0 Å². The van der Waals surface area contributed by atoms with Gasteiger partial charge in [0.05, 0.1) is 6.42 Å². The minimum Gasteiger partial charge on any atom is -0.481 e. The normalized spacial score (nSPS) is 10.3. The molecule has 0 saturated carbocycles. The lowest BCUT2D eigenvalue weighted by molar-refractivity contribution is -0.136. The van der Waals surface area contributed by atoms with Crippen LogP contribution < -0.4 is 0 Å². The second-order valence-electron chi connectivity index (χ2n) is 3.89. The maximum absolute atomic E-state index is 10.6. The van der Waals surface area contributed by atoms with Gasteiger partial charge in [-0.2, -0.15) is 0 Å². The van der Waals surface area contributed by atoms with Gasteiger partial charge in [-0.1, -0.05) is 53.5 Å². The van der Waals surface area contributed by atoms with Crippen LogP contribution >= 0.6 is 23.2 Å². The molecule has 0 aromatic heterocycles. The highest BCUT2D eigenvalue weighted by Gasteiger charge is 2.05. The van der Waals surface area contributed by atoms with E-state index < -0.39 is 5.97 Å². The molecule has 2 aromatic carbocycles. The molecule has 0 unspecified atom stereocenters. The zero-order chi connectivity index (χ0) is 13.1. The third-order valence-electron chi connectivity index (χ3n) is 2.55. The Bertz CT molecular complexity index is 577. The molecule has 0 aliphatic heterocycles. The number of halogens is 2. The molecule has 2 nitrogen and oxygen atoms in total. The van der Waals surface area contributed by atoms with E-state index in [1.54, 1.807) is 24.3 Å². The number of hydrogen-bond acceptors (Lipinski definition) is 1. The van der Waals surface area contributed by atoms with Crippen molar-refractivity contribution in [2.75, 3.05) is 0 Å². The predicted molar refractivity (Wildman–Crippen MR) is 73.2 cm³/mol. The van der Waals surface area contributed by atoms with Gasteiger partial charge in [0.15, 0.2) is 0 Å². The SMILES string of the molecule is O=C(O)Cc1ccc(-c2ccc(Cl)cc2Cl)cc1. The Labute approximate surface area is 115 Å². The monoisotopic (exact) mass is 280 g/mol. The van der Waals surface area contributed by atoms with E-state index in [1.165, 1.54) is 0 Å². The molecule has 0 heterocycles. The standard InChI is InChI=1S/C14H10Cl2O2/c15-11-5-6-12(13(16)8-11)10-3-1-9(2-4-10)7-14(17)18/h1-6,8H,7H2,(H,17,18). The molecular weight excluding hydrogens is 271 g/mol. The first-order valence-corrected chi connectivity index (χ1v) is 6.08. The van der Waals surface area contributed by atoms with Crippen molar-refractivity contribution >= 4 is 29.2 Å². The molecule has 18 heavy (non-hydrogen) atoms. The van der Waals surface area contributed by atoms with Gasteiger partial charge >= 0.3 is 5.97 Å². The molecule has 2 aromatic rings. The summed E-state index contributed by atoms with van der Waals surface area (Å²) in [6.45, 7) is 0. The molecule has 1 N–H and O–H groups in total. The molecule has 0 fully saturated rings. The van der Waals surface area contributed by atoms with Gasteiger partial charge in [0.25, 0.3) is 0 Å². The highest BCUT2D eigenvalue weighted by Crippen LogP contribution is 2.30. The second kappa shape index (κ2) is 5.42. The van der Waals surface area contributed by atoms with Crippen molar-refractivity contribution < 1.29 is 9.90 Å². The quantitative estimate of drug-likeness (QED) is 0.911. The highest BCUT2D eigenvalue weighted by atomic mass is 35.5. The summed E-state index contributed by atoms with van der Waals surface area (Å²) < 4.78 is 0. The summed E-state index contributed by atoms with van der Waals surface area (Å²) >= 11 is 11.9. The van der Waals surface area contributed by atoms with Crippen molar-refractivity contribution in [3.63, 3.8) is 0 Å². The van der Waals surface area contributed by atoms with Crippen molar-refractivity contribution in [2.24, 2.45) is 0 Å².